The van der Waals surface area contributed by atoms with Crippen LogP contribution < -0.4 is 0 Å². The number of carbonyl (C=O) groups excluding carboxylic acids is 1. The Morgan fingerprint density at radius 3 is 0.946 bits per heavy atom. The lowest BCUT2D eigenvalue weighted by molar-refractivity contribution is -0.118. The summed E-state index contributed by atoms with van der Waals surface area (Å²) < 4.78 is 65.8. The first-order valence-corrected chi connectivity index (χ1v) is 23.1. The van der Waals surface area contributed by atoms with Gasteiger partial charge in [0.1, 0.15) is 0 Å². The highest BCUT2D eigenvalue weighted by Gasteiger charge is 2.50. The molecule has 4 aromatic rings. The van der Waals surface area contributed by atoms with Crippen LogP contribution in [0.2, 0.25) is 0 Å². The summed E-state index contributed by atoms with van der Waals surface area (Å²) in [6.07, 6.45) is 0. The van der Waals surface area contributed by atoms with Crippen molar-refractivity contribution in [3.8, 4) is 0 Å². The second kappa shape index (κ2) is 17.1. The molecule has 0 N–H and O–H groups in total. The van der Waals surface area contributed by atoms with E-state index in [1.807, 2.05) is 140 Å². The van der Waals surface area contributed by atoms with Crippen molar-refractivity contribution in [3.63, 3.8) is 0 Å². The monoisotopic (exact) mass is 798 g/mol. The number of hydrogen-bond donors (Lipinski definition) is 0. The predicted octanol–water partition coefficient (Wildman–Crippen LogP) is 11.2. The molecular formula is C47H62N2O5S2. The van der Waals surface area contributed by atoms with Crippen LogP contribution in [0.3, 0.4) is 0 Å². The first-order chi connectivity index (χ1) is 26.2. The molecule has 1 fully saturated rings. The van der Waals surface area contributed by atoms with E-state index in [0.29, 0.717) is 33.4 Å². The molecule has 0 amide bonds. The van der Waals surface area contributed by atoms with Gasteiger partial charge in [0.2, 0.25) is 20.0 Å². The van der Waals surface area contributed by atoms with Crippen LogP contribution >= 0.6 is 0 Å². The van der Waals surface area contributed by atoms with Gasteiger partial charge in [0.25, 0.3) is 0 Å². The number of Topliss-reactive ketones (excluding diaryl/α,β-unsaturated/α-hetero) is 1. The Hall–Kier alpha value is -3.63. The minimum Gasteiger partial charge on any atom is -0.297 e. The third kappa shape index (κ3) is 8.47. The molecule has 1 heterocycles. The van der Waals surface area contributed by atoms with E-state index >= 15 is 16.8 Å². The summed E-state index contributed by atoms with van der Waals surface area (Å²) in [6.45, 7) is 23.4. The largest absolute Gasteiger partial charge is 0.297 e. The van der Waals surface area contributed by atoms with Crippen LogP contribution in [0.1, 0.15) is 175 Å². The van der Waals surface area contributed by atoms with Crippen LogP contribution in [0.4, 0.5) is 0 Å². The van der Waals surface area contributed by atoms with E-state index in [0.717, 1.165) is 11.1 Å². The van der Waals surface area contributed by atoms with Crippen molar-refractivity contribution in [1.29, 1.82) is 0 Å². The standard InChI is InChI=1S/C47H62N2O5S2/c1-29(2)37-23-40(31(5)6)46(41(24-37)32(7)8)55(51,52)48-27-39(50)28-49(45(36-21-17-14-18-22-36)44(48)35-19-15-13-16-20-35)56(53,54)47-42(33(9)10)25-38(30(3)4)26-43(47)34(11)12/h13-26,29-34,44-45H,27-28H2,1-12H3/t44-,45-/m0/s1. The van der Waals surface area contributed by atoms with Gasteiger partial charge in [-0.15, -0.1) is 0 Å². The Kier molecular flexibility index (Phi) is 13.3. The fourth-order valence-electron chi connectivity index (χ4n) is 7.99. The summed E-state index contributed by atoms with van der Waals surface area (Å²) in [5, 5.41) is 0. The third-order valence-corrected chi connectivity index (χ3v) is 15.1. The molecule has 0 aliphatic carbocycles. The van der Waals surface area contributed by atoms with Crippen LogP contribution in [0.15, 0.2) is 94.7 Å². The van der Waals surface area contributed by atoms with Gasteiger partial charge < -0.3 is 0 Å². The summed E-state index contributed by atoms with van der Waals surface area (Å²) in [5.41, 5.74) is 6.06. The number of carbonyl (C=O) groups is 1. The van der Waals surface area contributed by atoms with Gasteiger partial charge in [0.15, 0.2) is 5.78 Å². The zero-order chi connectivity index (χ0) is 41.4. The average molecular weight is 799 g/mol. The predicted molar refractivity (Wildman–Crippen MR) is 229 cm³/mol. The van der Waals surface area contributed by atoms with E-state index < -0.39 is 51.0 Å². The Labute approximate surface area is 337 Å². The molecule has 1 aliphatic heterocycles. The van der Waals surface area contributed by atoms with Gasteiger partial charge in [-0.25, -0.2) is 16.8 Å². The Bertz CT molecular complexity index is 2030. The molecule has 7 nitrogen and oxygen atoms in total. The minimum absolute atomic E-state index is 0.145. The molecular weight excluding hydrogens is 737 g/mol. The molecule has 4 aromatic carbocycles. The molecule has 2 atom stereocenters. The Morgan fingerprint density at radius 2 is 0.714 bits per heavy atom. The lowest BCUT2D eigenvalue weighted by Crippen LogP contribution is -2.43. The van der Waals surface area contributed by atoms with Gasteiger partial charge in [-0.1, -0.05) is 168 Å². The van der Waals surface area contributed by atoms with Crippen molar-refractivity contribution in [2.45, 2.75) is 140 Å². The van der Waals surface area contributed by atoms with E-state index in [1.165, 1.54) is 8.61 Å². The van der Waals surface area contributed by atoms with Crippen LogP contribution in [0.25, 0.3) is 0 Å². The summed E-state index contributed by atoms with van der Waals surface area (Å²) >= 11 is 0. The maximum atomic E-state index is 15.8. The topological polar surface area (TPSA) is 91.8 Å². The molecule has 0 unspecified atom stereocenters. The fraction of sp³-hybridized carbons (Fsp3) is 0.468. The van der Waals surface area contributed by atoms with E-state index in [1.54, 1.807) is 0 Å². The number of rotatable bonds is 12. The van der Waals surface area contributed by atoms with Gasteiger partial charge in [-0.2, -0.15) is 8.61 Å². The molecule has 9 heteroatoms. The highest BCUT2D eigenvalue weighted by Crippen LogP contribution is 2.48. The minimum atomic E-state index is -4.45. The molecule has 56 heavy (non-hydrogen) atoms. The van der Waals surface area contributed by atoms with E-state index in [-0.39, 0.29) is 45.3 Å². The van der Waals surface area contributed by atoms with Gasteiger partial charge in [-0.3, -0.25) is 4.79 Å². The second-order valence-electron chi connectivity index (χ2n) is 17.3. The second-order valence-corrected chi connectivity index (χ2v) is 21.0. The van der Waals surface area contributed by atoms with E-state index in [4.69, 9.17) is 0 Å². The lowest BCUT2D eigenvalue weighted by atomic mass is 9.89. The van der Waals surface area contributed by atoms with Crippen LogP contribution in [-0.4, -0.2) is 44.3 Å². The molecule has 0 radical (unpaired) electrons. The molecule has 1 aliphatic rings. The average Bonchev–Trinajstić information content (AvgIpc) is 3.31. The van der Waals surface area contributed by atoms with Gasteiger partial charge in [0, 0.05) is 0 Å². The van der Waals surface area contributed by atoms with E-state index in [9.17, 15) is 4.79 Å². The highest BCUT2D eigenvalue weighted by molar-refractivity contribution is 7.89. The number of sulfonamides is 2. The first kappa shape index (κ1) is 43.5. The molecule has 1 saturated heterocycles. The maximum Gasteiger partial charge on any atom is 0.244 e. The SMILES string of the molecule is CC(C)c1cc(C(C)C)c(S(=O)(=O)N2CC(=O)CN(S(=O)(=O)c3c(C(C)C)cc(C(C)C)cc3C(C)C)[C@@H](c3ccccc3)[C@@H]2c2ccccc2)c(C(C)C)c1. The summed E-state index contributed by atoms with van der Waals surface area (Å²) in [5.74, 6) is -0.742. The number of benzene rings is 4. The van der Waals surface area contributed by atoms with Crippen molar-refractivity contribution in [2.24, 2.45) is 0 Å². The number of ketones is 1. The Morgan fingerprint density at radius 1 is 0.446 bits per heavy atom. The van der Waals surface area contributed by atoms with E-state index in [2.05, 4.69) is 27.7 Å². The molecule has 5 rings (SSSR count). The first-order valence-electron chi connectivity index (χ1n) is 20.2. The third-order valence-electron chi connectivity index (χ3n) is 11.2. The molecule has 0 spiro atoms. The van der Waals surface area contributed by atoms with Crippen molar-refractivity contribution in [2.75, 3.05) is 13.1 Å². The summed E-state index contributed by atoms with van der Waals surface area (Å²) in [7, 11) is -8.90. The lowest BCUT2D eigenvalue weighted by Gasteiger charge is -2.40. The van der Waals surface area contributed by atoms with Crippen molar-refractivity contribution in [1.82, 2.24) is 8.61 Å². The molecule has 0 aromatic heterocycles. The zero-order valence-corrected chi connectivity index (χ0v) is 37.0. The number of nitrogens with zero attached hydrogens (tertiary/aromatic N) is 2. The van der Waals surface area contributed by atoms with Gasteiger partial charge in [-0.05, 0) is 80.0 Å². The van der Waals surface area contributed by atoms with Crippen LogP contribution in [0, 0.1) is 0 Å². The quantitative estimate of drug-likeness (QED) is 0.142. The van der Waals surface area contributed by atoms with Crippen molar-refractivity contribution >= 4 is 25.8 Å². The summed E-state index contributed by atoms with van der Waals surface area (Å²) in [6, 6.07) is 24.2. The maximum absolute atomic E-state index is 15.8. The Balaban J connectivity index is 1.91. The number of hydrogen-bond acceptors (Lipinski definition) is 5. The zero-order valence-electron chi connectivity index (χ0n) is 35.4. The van der Waals surface area contributed by atoms with Gasteiger partial charge in [0.05, 0.1) is 35.0 Å². The van der Waals surface area contributed by atoms with Gasteiger partial charge >= 0.3 is 0 Å². The normalized spacial score (nSPS) is 17.9. The van der Waals surface area contributed by atoms with Crippen LogP contribution in [0.5, 0.6) is 0 Å². The smallest absolute Gasteiger partial charge is 0.244 e. The highest BCUT2D eigenvalue weighted by atomic mass is 32.2. The summed E-state index contributed by atoms with van der Waals surface area (Å²) in [4.78, 5) is 15.0. The van der Waals surface area contributed by atoms with Crippen molar-refractivity contribution < 1.29 is 21.6 Å². The fourth-order valence-corrected chi connectivity index (χ4v) is 12.5. The molecule has 0 bridgehead atoms. The molecule has 0 saturated carbocycles. The molecule has 302 valence electrons. The van der Waals surface area contributed by atoms with Crippen molar-refractivity contribution in [3.05, 3.63) is 129 Å². The van der Waals surface area contributed by atoms with Crippen LogP contribution in [-0.2, 0) is 24.8 Å².